The molecule has 0 rings (SSSR count). The topological polar surface area (TPSA) is 38.7 Å². The SMILES string of the molecule is C=C[C@H](N=C)C(=O)OC(C)C. The third-order valence-electron chi connectivity index (χ3n) is 1.01. The molecule has 0 saturated heterocycles. The lowest BCUT2D eigenvalue weighted by Gasteiger charge is -2.09. The van der Waals surface area contributed by atoms with Gasteiger partial charge in [-0.25, -0.2) is 4.79 Å². The summed E-state index contributed by atoms with van der Waals surface area (Å²) in [6, 6.07) is -0.627. The Labute approximate surface area is 66.8 Å². The van der Waals surface area contributed by atoms with E-state index in [1.54, 1.807) is 13.8 Å². The Balaban J connectivity index is 3.99. The average molecular weight is 155 g/mol. The van der Waals surface area contributed by atoms with E-state index in [0.29, 0.717) is 0 Å². The fraction of sp³-hybridized carbons (Fsp3) is 0.500. The summed E-state index contributed by atoms with van der Waals surface area (Å²) in [5.74, 6) is -0.398. The van der Waals surface area contributed by atoms with Gasteiger partial charge in [0.15, 0.2) is 6.04 Å². The van der Waals surface area contributed by atoms with Crippen LogP contribution in [-0.2, 0) is 9.53 Å². The first-order chi connectivity index (χ1) is 5.11. The van der Waals surface area contributed by atoms with Crippen molar-refractivity contribution in [2.45, 2.75) is 26.0 Å². The average Bonchev–Trinajstić information content (AvgIpc) is 1.88. The second-order valence-electron chi connectivity index (χ2n) is 2.35. The van der Waals surface area contributed by atoms with Crippen molar-refractivity contribution in [2.24, 2.45) is 4.99 Å². The number of aliphatic imine (C=N–C) groups is 1. The molecule has 11 heavy (non-hydrogen) atoms. The molecule has 0 aliphatic rings. The zero-order valence-corrected chi connectivity index (χ0v) is 6.91. The van der Waals surface area contributed by atoms with Gasteiger partial charge in [0.25, 0.3) is 0 Å². The summed E-state index contributed by atoms with van der Waals surface area (Å²) in [6.07, 6.45) is 1.28. The van der Waals surface area contributed by atoms with Crippen molar-refractivity contribution >= 4 is 12.7 Å². The highest BCUT2D eigenvalue weighted by molar-refractivity contribution is 5.78. The maximum atomic E-state index is 11.0. The number of carbonyl (C=O) groups excluding carboxylic acids is 1. The second kappa shape index (κ2) is 4.66. The summed E-state index contributed by atoms with van der Waals surface area (Å²) in [5.41, 5.74) is 0. The molecule has 0 saturated carbocycles. The molecule has 0 fully saturated rings. The predicted molar refractivity (Wildman–Crippen MR) is 44.8 cm³/mol. The third-order valence-corrected chi connectivity index (χ3v) is 1.01. The lowest BCUT2D eigenvalue weighted by molar-refractivity contribution is -0.147. The van der Waals surface area contributed by atoms with E-state index in [9.17, 15) is 4.79 Å². The summed E-state index contributed by atoms with van der Waals surface area (Å²) in [6.45, 7) is 10.2. The van der Waals surface area contributed by atoms with Crippen molar-refractivity contribution in [1.82, 2.24) is 0 Å². The van der Waals surface area contributed by atoms with Gasteiger partial charge in [-0.05, 0) is 20.6 Å². The van der Waals surface area contributed by atoms with Crippen molar-refractivity contribution in [2.75, 3.05) is 0 Å². The van der Waals surface area contributed by atoms with Crippen molar-refractivity contribution < 1.29 is 9.53 Å². The fourth-order valence-electron chi connectivity index (χ4n) is 0.547. The molecule has 0 radical (unpaired) electrons. The van der Waals surface area contributed by atoms with Crippen LogP contribution in [0.2, 0.25) is 0 Å². The van der Waals surface area contributed by atoms with Crippen molar-refractivity contribution in [3.8, 4) is 0 Å². The lowest BCUT2D eigenvalue weighted by atomic mass is 10.3. The Morgan fingerprint density at radius 1 is 1.64 bits per heavy atom. The van der Waals surface area contributed by atoms with Crippen LogP contribution in [-0.4, -0.2) is 24.8 Å². The smallest absolute Gasteiger partial charge is 0.335 e. The quantitative estimate of drug-likeness (QED) is 0.347. The van der Waals surface area contributed by atoms with Gasteiger partial charge in [-0.1, -0.05) is 6.08 Å². The second-order valence-corrected chi connectivity index (χ2v) is 2.35. The van der Waals surface area contributed by atoms with E-state index in [1.165, 1.54) is 6.08 Å². The largest absolute Gasteiger partial charge is 0.461 e. The molecule has 3 nitrogen and oxygen atoms in total. The number of hydrogen-bond donors (Lipinski definition) is 0. The van der Waals surface area contributed by atoms with Crippen LogP contribution in [0.25, 0.3) is 0 Å². The Kier molecular flexibility index (Phi) is 4.18. The van der Waals surface area contributed by atoms with Crippen LogP contribution in [0, 0.1) is 0 Å². The Morgan fingerprint density at radius 3 is 2.45 bits per heavy atom. The zero-order chi connectivity index (χ0) is 8.85. The zero-order valence-electron chi connectivity index (χ0n) is 6.91. The normalized spacial score (nSPS) is 12.3. The van der Waals surface area contributed by atoms with Crippen LogP contribution in [0.1, 0.15) is 13.8 Å². The van der Waals surface area contributed by atoms with Gasteiger partial charge >= 0.3 is 5.97 Å². The van der Waals surface area contributed by atoms with Crippen LogP contribution in [0.4, 0.5) is 0 Å². The summed E-state index contributed by atoms with van der Waals surface area (Å²) in [4.78, 5) is 14.5. The van der Waals surface area contributed by atoms with Gasteiger partial charge in [0.2, 0.25) is 0 Å². The number of ether oxygens (including phenoxy) is 1. The maximum absolute atomic E-state index is 11.0. The van der Waals surface area contributed by atoms with E-state index in [2.05, 4.69) is 18.3 Å². The van der Waals surface area contributed by atoms with Crippen molar-refractivity contribution in [3.05, 3.63) is 12.7 Å². The minimum absolute atomic E-state index is 0.119. The Morgan fingerprint density at radius 2 is 2.18 bits per heavy atom. The molecule has 0 spiro atoms. The fourth-order valence-corrected chi connectivity index (χ4v) is 0.547. The number of carbonyl (C=O) groups is 1. The van der Waals surface area contributed by atoms with Crippen molar-refractivity contribution in [1.29, 1.82) is 0 Å². The van der Waals surface area contributed by atoms with E-state index in [0.717, 1.165) is 0 Å². The molecule has 0 aliphatic carbocycles. The first-order valence-electron chi connectivity index (χ1n) is 3.40. The molecule has 0 aromatic rings. The molecular formula is C8H13NO2. The van der Waals surface area contributed by atoms with Crippen LogP contribution < -0.4 is 0 Å². The van der Waals surface area contributed by atoms with Gasteiger partial charge < -0.3 is 4.74 Å². The van der Waals surface area contributed by atoms with E-state index < -0.39 is 12.0 Å². The molecule has 0 heterocycles. The molecule has 62 valence electrons. The number of esters is 1. The maximum Gasteiger partial charge on any atom is 0.335 e. The minimum atomic E-state index is -0.627. The summed E-state index contributed by atoms with van der Waals surface area (Å²) in [7, 11) is 0. The molecule has 1 atom stereocenters. The van der Waals surface area contributed by atoms with Gasteiger partial charge in [0, 0.05) is 0 Å². The minimum Gasteiger partial charge on any atom is -0.461 e. The van der Waals surface area contributed by atoms with Crippen LogP contribution in [0.15, 0.2) is 17.6 Å². The van der Waals surface area contributed by atoms with E-state index in [-0.39, 0.29) is 6.10 Å². The molecule has 0 bridgehead atoms. The van der Waals surface area contributed by atoms with E-state index >= 15 is 0 Å². The molecule has 0 aromatic heterocycles. The van der Waals surface area contributed by atoms with Gasteiger partial charge in [-0.15, -0.1) is 6.58 Å². The molecule has 0 aromatic carbocycles. The molecule has 0 N–H and O–H groups in total. The molecule has 0 unspecified atom stereocenters. The van der Waals surface area contributed by atoms with E-state index in [4.69, 9.17) is 4.74 Å². The van der Waals surface area contributed by atoms with Crippen LogP contribution >= 0.6 is 0 Å². The van der Waals surface area contributed by atoms with Gasteiger partial charge in [0.1, 0.15) is 0 Å². The predicted octanol–water partition coefficient (Wildman–Crippen LogP) is 1.19. The van der Waals surface area contributed by atoms with E-state index in [1.807, 2.05) is 0 Å². The first kappa shape index (κ1) is 9.88. The van der Waals surface area contributed by atoms with Crippen LogP contribution in [0.5, 0.6) is 0 Å². The lowest BCUT2D eigenvalue weighted by Crippen LogP contribution is -2.22. The van der Waals surface area contributed by atoms with Gasteiger partial charge in [-0.2, -0.15) is 0 Å². The Bertz CT molecular complexity index is 155. The highest BCUT2D eigenvalue weighted by Crippen LogP contribution is 1.98. The highest BCUT2D eigenvalue weighted by atomic mass is 16.5. The summed E-state index contributed by atoms with van der Waals surface area (Å²) >= 11 is 0. The van der Waals surface area contributed by atoms with Gasteiger partial charge in [-0.3, -0.25) is 4.99 Å². The van der Waals surface area contributed by atoms with Crippen molar-refractivity contribution in [3.63, 3.8) is 0 Å². The highest BCUT2D eigenvalue weighted by Gasteiger charge is 2.14. The standard InChI is InChI=1S/C8H13NO2/c1-5-7(9-4)8(10)11-6(2)3/h5-7H,1,4H2,2-3H3/t7-/m0/s1. The molecule has 0 aliphatic heterocycles. The molecular weight excluding hydrogens is 142 g/mol. The van der Waals surface area contributed by atoms with Gasteiger partial charge in [0.05, 0.1) is 6.10 Å². The molecule has 0 amide bonds. The first-order valence-corrected chi connectivity index (χ1v) is 3.40. The third kappa shape index (κ3) is 3.55. The summed E-state index contributed by atoms with van der Waals surface area (Å²) < 4.78 is 4.85. The Hall–Kier alpha value is -1.12. The number of rotatable bonds is 4. The summed E-state index contributed by atoms with van der Waals surface area (Å²) in [5, 5.41) is 0. The number of nitrogens with zero attached hydrogens (tertiary/aromatic N) is 1. The molecule has 3 heteroatoms. The van der Waals surface area contributed by atoms with Crippen LogP contribution in [0.3, 0.4) is 0 Å². The number of hydrogen-bond acceptors (Lipinski definition) is 3. The monoisotopic (exact) mass is 155 g/mol.